The van der Waals surface area contributed by atoms with Crippen molar-refractivity contribution >= 4 is 11.6 Å². The van der Waals surface area contributed by atoms with Gasteiger partial charge in [0.05, 0.1) is 18.2 Å². The topological polar surface area (TPSA) is 49.3 Å². The first-order valence-corrected chi connectivity index (χ1v) is 5.23. The van der Waals surface area contributed by atoms with Crippen molar-refractivity contribution < 1.29 is 9.90 Å². The van der Waals surface area contributed by atoms with E-state index in [2.05, 4.69) is 5.32 Å². The van der Waals surface area contributed by atoms with Gasteiger partial charge in [0, 0.05) is 5.56 Å². The molecule has 0 aromatic heterocycles. The van der Waals surface area contributed by atoms with E-state index in [1.165, 1.54) is 0 Å². The highest BCUT2D eigenvalue weighted by atomic mass is 16.3. The smallest absolute Gasteiger partial charge is 0.228 e. The number of rotatable bonds is 2. The molecule has 1 amide bonds. The third kappa shape index (κ3) is 1.75. The minimum Gasteiger partial charge on any atom is -0.388 e. The third-order valence-corrected chi connectivity index (χ3v) is 2.76. The summed E-state index contributed by atoms with van der Waals surface area (Å²) < 4.78 is 0. The van der Waals surface area contributed by atoms with Crippen molar-refractivity contribution in [2.45, 2.75) is 32.8 Å². The van der Waals surface area contributed by atoms with Gasteiger partial charge < -0.3 is 10.4 Å². The second-order valence-electron chi connectivity index (χ2n) is 4.04. The van der Waals surface area contributed by atoms with Crippen molar-refractivity contribution in [3.63, 3.8) is 0 Å². The van der Waals surface area contributed by atoms with Gasteiger partial charge in [-0.1, -0.05) is 24.6 Å². The molecule has 2 rings (SSSR count). The summed E-state index contributed by atoms with van der Waals surface area (Å²) in [6, 6.07) is 3.94. The molecule has 0 aliphatic carbocycles. The van der Waals surface area contributed by atoms with Crippen LogP contribution in [0.1, 0.15) is 36.1 Å². The van der Waals surface area contributed by atoms with E-state index in [-0.39, 0.29) is 5.91 Å². The van der Waals surface area contributed by atoms with Crippen molar-refractivity contribution in [2.24, 2.45) is 0 Å². The molecule has 3 nitrogen and oxygen atoms in total. The van der Waals surface area contributed by atoms with Gasteiger partial charge in [-0.2, -0.15) is 0 Å². The fourth-order valence-electron chi connectivity index (χ4n) is 2.02. The van der Waals surface area contributed by atoms with E-state index in [0.29, 0.717) is 12.8 Å². The molecule has 0 bridgehead atoms. The van der Waals surface area contributed by atoms with Gasteiger partial charge >= 0.3 is 0 Å². The van der Waals surface area contributed by atoms with Crippen LogP contribution in [0.4, 0.5) is 5.69 Å². The Hall–Kier alpha value is -1.35. The van der Waals surface area contributed by atoms with Crippen molar-refractivity contribution in [3.05, 3.63) is 28.8 Å². The number of nitrogens with one attached hydrogen (secondary N) is 1. The highest BCUT2D eigenvalue weighted by Crippen LogP contribution is 2.33. The molecule has 1 aromatic rings. The molecule has 0 spiro atoms. The minimum atomic E-state index is -0.489. The maximum absolute atomic E-state index is 11.3. The SMILES string of the molecule is CCC(O)c1cc(C)cc2c1NC(=O)C2. The van der Waals surface area contributed by atoms with Crippen LogP contribution in [0.5, 0.6) is 0 Å². The number of carbonyl (C=O) groups excluding carboxylic acids is 1. The van der Waals surface area contributed by atoms with E-state index < -0.39 is 6.10 Å². The predicted octanol–water partition coefficient (Wildman–Crippen LogP) is 1.93. The van der Waals surface area contributed by atoms with E-state index in [9.17, 15) is 9.90 Å². The van der Waals surface area contributed by atoms with Crippen LogP contribution in [-0.4, -0.2) is 11.0 Å². The van der Waals surface area contributed by atoms with Crippen LogP contribution in [-0.2, 0) is 11.2 Å². The summed E-state index contributed by atoms with van der Waals surface area (Å²) in [7, 11) is 0. The number of carbonyl (C=O) groups is 1. The fraction of sp³-hybridized carbons (Fsp3) is 0.417. The Kier molecular flexibility index (Phi) is 2.49. The van der Waals surface area contributed by atoms with Gasteiger partial charge in [-0.05, 0) is 18.9 Å². The van der Waals surface area contributed by atoms with E-state index in [1.54, 1.807) is 0 Å². The zero-order chi connectivity index (χ0) is 11.0. The number of hydrogen-bond donors (Lipinski definition) is 2. The number of fused-ring (bicyclic) bond motifs is 1. The lowest BCUT2D eigenvalue weighted by Crippen LogP contribution is -2.06. The summed E-state index contributed by atoms with van der Waals surface area (Å²) in [6.07, 6.45) is 0.601. The molecule has 3 heteroatoms. The zero-order valence-corrected chi connectivity index (χ0v) is 9.00. The molecule has 0 saturated heterocycles. The maximum atomic E-state index is 11.3. The molecular weight excluding hydrogens is 190 g/mol. The standard InChI is InChI=1S/C12H15NO2/c1-3-10(14)9-5-7(2)4-8-6-11(15)13-12(8)9/h4-5,10,14H,3,6H2,1-2H3,(H,13,15). The fourth-order valence-corrected chi connectivity index (χ4v) is 2.02. The Morgan fingerprint density at radius 3 is 2.93 bits per heavy atom. The largest absolute Gasteiger partial charge is 0.388 e. The number of aryl methyl sites for hydroxylation is 1. The Bertz CT molecular complexity index is 412. The molecule has 1 heterocycles. The van der Waals surface area contributed by atoms with Crippen molar-refractivity contribution in [1.82, 2.24) is 0 Å². The highest BCUT2D eigenvalue weighted by molar-refractivity contribution is 6.00. The molecule has 1 unspecified atom stereocenters. The van der Waals surface area contributed by atoms with Crippen molar-refractivity contribution in [1.29, 1.82) is 0 Å². The molecule has 1 atom stereocenters. The zero-order valence-electron chi connectivity index (χ0n) is 9.00. The molecule has 0 saturated carbocycles. The average molecular weight is 205 g/mol. The van der Waals surface area contributed by atoms with Gasteiger partial charge in [-0.25, -0.2) is 0 Å². The molecule has 0 radical (unpaired) electrons. The molecule has 1 aromatic carbocycles. The number of benzene rings is 1. The third-order valence-electron chi connectivity index (χ3n) is 2.76. The van der Waals surface area contributed by atoms with E-state index in [1.807, 2.05) is 26.0 Å². The number of aliphatic hydroxyl groups excluding tert-OH is 1. The molecule has 15 heavy (non-hydrogen) atoms. The second-order valence-corrected chi connectivity index (χ2v) is 4.04. The summed E-state index contributed by atoms with van der Waals surface area (Å²) in [6.45, 7) is 3.91. The number of anilines is 1. The summed E-state index contributed by atoms with van der Waals surface area (Å²) >= 11 is 0. The average Bonchev–Trinajstić information content (AvgIpc) is 2.55. The first-order valence-electron chi connectivity index (χ1n) is 5.23. The lowest BCUT2D eigenvalue weighted by Gasteiger charge is -2.14. The summed E-state index contributed by atoms with van der Waals surface area (Å²) in [5.41, 5.74) is 3.76. The summed E-state index contributed by atoms with van der Waals surface area (Å²) in [5, 5.41) is 12.7. The quantitative estimate of drug-likeness (QED) is 0.775. The molecule has 1 aliphatic heterocycles. The number of hydrogen-bond acceptors (Lipinski definition) is 2. The first-order chi connectivity index (χ1) is 7.11. The Balaban J connectivity index is 2.51. The molecular formula is C12H15NO2. The van der Waals surface area contributed by atoms with Gasteiger partial charge in [0.15, 0.2) is 0 Å². The van der Waals surface area contributed by atoms with Crippen LogP contribution in [0.2, 0.25) is 0 Å². The maximum Gasteiger partial charge on any atom is 0.228 e. The van der Waals surface area contributed by atoms with E-state index in [4.69, 9.17) is 0 Å². The van der Waals surface area contributed by atoms with Crippen LogP contribution >= 0.6 is 0 Å². The lowest BCUT2D eigenvalue weighted by molar-refractivity contribution is -0.115. The Morgan fingerprint density at radius 2 is 2.27 bits per heavy atom. The molecule has 80 valence electrons. The van der Waals surface area contributed by atoms with Gasteiger partial charge in [0.1, 0.15) is 0 Å². The first kappa shape index (κ1) is 10.2. The lowest BCUT2D eigenvalue weighted by atomic mass is 9.98. The predicted molar refractivity (Wildman–Crippen MR) is 58.8 cm³/mol. The summed E-state index contributed by atoms with van der Waals surface area (Å²) in [5.74, 6) is 0.0140. The van der Waals surface area contributed by atoms with Gasteiger partial charge in [-0.15, -0.1) is 0 Å². The van der Waals surface area contributed by atoms with Crippen LogP contribution in [0.15, 0.2) is 12.1 Å². The van der Waals surface area contributed by atoms with E-state index >= 15 is 0 Å². The van der Waals surface area contributed by atoms with Crippen LogP contribution in [0.25, 0.3) is 0 Å². The number of aliphatic hydroxyl groups is 1. The second kappa shape index (κ2) is 3.66. The number of amides is 1. The van der Waals surface area contributed by atoms with Gasteiger partial charge in [0.25, 0.3) is 0 Å². The van der Waals surface area contributed by atoms with Crippen LogP contribution in [0, 0.1) is 6.92 Å². The Labute approximate surface area is 89.1 Å². The van der Waals surface area contributed by atoms with Crippen LogP contribution < -0.4 is 5.32 Å². The highest BCUT2D eigenvalue weighted by Gasteiger charge is 2.23. The minimum absolute atomic E-state index is 0.0140. The van der Waals surface area contributed by atoms with Crippen molar-refractivity contribution in [3.8, 4) is 0 Å². The van der Waals surface area contributed by atoms with E-state index in [0.717, 1.165) is 22.4 Å². The van der Waals surface area contributed by atoms with Gasteiger partial charge in [-0.3, -0.25) is 4.79 Å². The Morgan fingerprint density at radius 1 is 1.53 bits per heavy atom. The van der Waals surface area contributed by atoms with Gasteiger partial charge in [0.2, 0.25) is 5.91 Å². The monoisotopic (exact) mass is 205 g/mol. The normalized spacial score (nSPS) is 16.1. The molecule has 1 aliphatic rings. The van der Waals surface area contributed by atoms with Crippen LogP contribution in [0.3, 0.4) is 0 Å². The van der Waals surface area contributed by atoms with Crippen molar-refractivity contribution in [2.75, 3.05) is 5.32 Å². The molecule has 2 N–H and O–H groups in total. The summed E-state index contributed by atoms with van der Waals surface area (Å²) in [4.78, 5) is 11.3. The molecule has 0 fully saturated rings.